The average molecular weight is 167 g/mol. The van der Waals surface area contributed by atoms with E-state index in [1.165, 1.54) is 12.8 Å². The molecule has 0 aromatic heterocycles. The molecule has 2 rings (SSSR count). The molecule has 2 bridgehead atoms. The molecule has 0 unspecified atom stereocenters. The summed E-state index contributed by atoms with van der Waals surface area (Å²) in [5.41, 5.74) is 0.301. The summed E-state index contributed by atoms with van der Waals surface area (Å²) in [6, 6.07) is 0. The van der Waals surface area contributed by atoms with Crippen LogP contribution in [-0.4, -0.2) is 16.9 Å². The van der Waals surface area contributed by atoms with Gasteiger partial charge in [-0.15, -0.1) is 0 Å². The number of fused-ring (bicyclic) bond motifs is 2. The summed E-state index contributed by atoms with van der Waals surface area (Å²) in [6.07, 6.45) is 4.96. The van der Waals surface area contributed by atoms with E-state index in [-0.39, 0.29) is 11.1 Å². The highest BCUT2D eigenvalue weighted by Crippen LogP contribution is 2.42. The Morgan fingerprint density at radius 1 is 1.42 bits per heavy atom. The van der Waals surface area contributed by atoms with Gasteiger partial charge in [0, 0.05) is 23.9 Å². The van der Waals surface area contributed by atoms with Crippen LogP contribution in [0.25, 0.3) is 0 Å². The van der Waals surface area contributed by atoms with E-state index in [4.69, 9.17) is 0 Å². The molecule has 68 valence electrons. The lowest BCUT2D eigenvalue weighted by Crippen LogP contribution is -2.55. The van der Waals surface area contributed by atoms with Crippen LogP contribution < -0.4 is 5.32 Å². The average Bonchev–Trinajstić information content (AvgIpc) is 2.23. The molecule has 2 fully saturated rings. The largest absolute Gasteiger partial charge is 0.305 e. The number of Topliss-reactive ketones (excluding diaryl/α,β-unsaturated/α-hetero) is 1. The first kappa shape index (κ1) is 8.24. The smallest absolute Gasteiger partial charge is 0.136 e. The third kappa shape index (κ3) is 1.09. The third-order valence-corrected chi connectivity index (χ3v) is 3.52. The van der Waals surface area contributed by atoms with E-state index in [9.17, 15) is 4.79 Å². The van der Waals surface area contributed by atoms with Gasteiger partial charge in [-0.05, 0) is 26.2 Å². The molecule has 0 amide bonds. The summed E-state index contributed by atoms with van der Waals surface area (Å²) in [5.74, 6) is 0.454. The zero-order valence-electron chi connectivity index (χ0n) is 7.94. The molecule has 0 aromatic carbocycles. The summed E-state index contributed by atoms with van der Waals surface area (Å²) >= 11 is 0. The second-order valence-corrected chi connectivity index (χ2v) is 4.71. The molecule has 0 spiro atoms. The van der Waals surface area contributed by atoms with Crippen LogP contribution in [0.1, 0.15) is 46.0 Å². The van der Waals surface area contributed by atoms with E-state index in [1.807, 2.05) is 0 Å². The predicted molar refractivity (Wildman–Crippen MR) is 48.0 cm³/mol. The maximum atomic E-state index is 11.5. The van der Waals surface area contributed by atoms with E-state index in [1.54, 1.807) is 0 Å². The van der Waals surface area contributed by atoms with Gasteiger partial charge in [0.25, 0.3) is 0 Å². The van der Waals surface area contributed by atoms with Crippen molar-refractivity contribution in [3.63, 3.8) is 0 Å². The Morgan fingerprint density at radius 3 is 2.83 bits per heavy atom. The molecule has 2 atom stereocenters. The first-order valence-electron chi connectivity index (χ1n) is 4.89. The molecule has 2 aliphatic rings. The Hall–Kier alpha value is -0.370. The molecular weight excluding hydrogens is 150 g/mol. The molecule has 1 N–H and O–H groups in total. The Balaban J connectivity index is 2.26. The van der Waals surface area contributed by atoms with Crippen LogP contribution in [-0.2, 0) is 4.79 Å². The Bertz CT molecular complexity index is 226. The van der Waals surface area contributed by atoms with Crippen LogP contribution in [0.15, 0.2) is 0 Å². The number of nitrogens with one attached hydrogen (secondary N) is 1. The fourth-order valence-corrected chi connectivity index (χ4v) is 2.81. The minimum Gasteiger partial charge on any atom is -0.305 e. The van der Waals surface area contributed by atoms with Gasteiger partial charge in [-0.2, -0.15) is 0 Å². The molecule has 0 aromatic rings. The number of hydrogen-bond donors (Lipinski definition) is 1. The second-order valence-electron chi connectivity index (χ2n) is 4.71. The van der Waals surface area contributed by atoms with Crippen LogP contribution in [0.4, 0.5) is 0 Å². The Labute approximate surface area is 73.7 Å². The van der Waals surface area contributed by atoms with Crippen molar-refractivity contribution < 1.29 is 4.79 Å². The highest BCUT2D eigenvalue weighted by atomic mass is 16.1. The maximum Gasteiger partial charge on any atom is 0.136 e. The molecule has 0 saturated carbocycles. The molecule has 0 aliphatic carbocycles. The minimum atomic E-state index is 0.130. The molecule has 0 radical (unpaired) electrons. The number of carbonyl (C=O) groups excluding carboxylic acids is 1. The van der Waals surface area contributed by atoms with Gasteiger partial charge in [-0.1, -0.05) is 6.92 Å². The molecule has 2 nitrogen and oxygen atoms in total. The van der Waals surface area contributed by atoms with Gasteiger partial charge in [-0.25, -0.2) is 0 Å². The van der Waals surface area contributed by atoms with Crippen LogP contribution in [0.5, 0.6) is 0 Å². The first-order chi connectivity index (χ1) is 5.58. The van der Waals surface area contributed by atoms with E-state index < -0.39 is 0 Å². The summed E-state index contributed by atoms with van der Waals surface area (Å²) in [6.45, 7) is 4.36. The van der Waals surface area contributed by atoms with Crippen molar-refractivity contribution in [2.24, 2.45) is 0 Å². The van der Waals surface area contributed by atoms with Gasteiger partial charge in [0.1, 0.15) is 5.78 Å². The number of carbonyl (C=O) groups is 1. The van der Waals surface area contributed by atoms with Crippen molar-refractivity contribution in [3.8, 4) is 0 Å². The number of hydrogen-bond acceptors (Lipinski definition) is 2. The topological polar surface area (TPSA) is 29.1 Å². The summed E-state index contributed by atoms with van der Waals surface area (Å²) in [5, 5.41) is 3.64. The van der Waals surface area contributed by atoms with Gasteiger partial charge in [0.05, 0.1) is 0 Å². The Morgan fingerprint density at radius 2 is 2.17 bits per heavy atom. The van der Waals surface area contributed by atoms with E-state index in [0.29, 0.717) is 5.78 Å². The van der Waals surface area contributed by atoms with Crippen LogP contribution in [0.2, 0.25) is 0 Å². The van der Waals surface area contributed by atoms with E-state index in [2.05, 4.69) is 19.2 Å². The van der Waals surface area contributed by atoms with Crippen molar-refractivity contribution in [3.05, 3.63) is 0 Å². The second kappa shape index (κ2) is 2.32. The van der Waals surface area contributed by atoms with Gasteiger partial charge in [0.2, 0.25) is 0 Å². The van der Waals surface area contributed by atoms with Crippen molar-refractivity contribution in [1.29, 1.82) is 0 Å². The first-order valence-corrected chi connectivity index (χ1v) is 4.89. The lowest BCUT2D eigenvalue weighted by atomic mass is 9.85. The Kier molecular flexibility index (Phi) is 1.59. The summed E-state index contributed by atoms with van der Waals surface area (Å²) < 4.78 is 0. The van der Waals surface area contributed by atoms with Crippen LogP contribution in [0.3, 0.4) is 0 Å². The summed E-state index contributed by atoms with van der Waals surface area (Å²) in [7, 11) is 0. The number of piperidine rings is 1. The number of ketones is 1. The highest BCUT2D eigenvalue weighted by Gasteiger charge is 2.49. The quantitative estimate of drug-likeness (QED) is 0.643. The summed E-state index contributed by atoms with van der Waals surface area (Å²) in [4.78, 5) is 11.5. The van der Waals surface area contributed by atoms with E-state index in [0.717, 1.165) is 19.3 Å². The standard InChI is InChI=1S/C10H17NO/c1-3-10-5-4-9(2,11-10)6-8(12)7-10/h11H,3-7H2,1-2H3/t9-,10+/m1/s1. The van der Waals surface area contributed by atoms with Gasteiger partial charge < -0.3 is 5.32 Å². The van der Waals surface area contributed by atoms with Gasteiger partial charge in [0.15, 0.2) is 0 Å². The lowest BCUT2D eigenvalue weighted by Gasteiger charge is -2.38. The van der Waals surface area contributed by atoms with Crippen molar-refractivity contribution >= 4 is 5.78 Å². The van der Waals surface area contributed by atoms with Crippen molar-refractivity contribution in [2.75, 3.05) is 0 Å². The SMILES string of the molecule is CC[C@]12CC[C@](C)(CC(=O)C1)N2. The molecule has 2 heterocycles. The van der Waals surface area contributed by atoms with Crippen LogP contribution in [0, 0.1) is 0 Å². The predicted octanol–water partition coefficient (Wildman–Crippen LogP) is 1.64. The van der Waals surface area contributed by atoms with Gasteiger partial charge >= 0.3 is 0 Å². The normalized spacial score (nSPS) is 46.7. The molecule has 2 aliphatic heterocycles. The molecular formula is C10H17NO. The monoisotopic (exact) mass is 167 g/mol. The van der Waals surface area contributed by atoms with Crippen molar-refractivity contribution in [1.82, 2.24) is 5.32 Å². The van der Waals surface area contributed by atoms with Crippen LogP contribution >= 0.6 is 0 Å². The van der Waals surface area contributed by atoms with Crippen molar-refractivity contribution in [2.45, 2.75) is 57.0 Å². The zero-order valence-corrected chi connectivity index (χ0v) is 7.94. The third-order valence-electron chi connectivity index (χ3n) is 3.52. The fraction of sp³-hybridized carbons (Fsp3) is 0.900. The maximum absolute atomic E-state index is 11.5. The molecule has 2 heteroatoms. The van der Waals surface area contributed by atoms with E-state index >= 15 is 0 Å². The lowest BCUT2D eigenvalue weighted by molar-refractivity contribution is -0.123. The zero-order chi connectivity index (χ0) is 8.82. The fourth-order valence-electron chi connectivity index (χ4n) is 2.81. The molecule has 2 saturated heterocycles. The van der Waals surface area contributed by atoms with Gasteiger partial charge in [-0.3, -0.25) is 4.79 Å². The highest BCUT2D eigenvalue weighted by molar-refractivity contribution is 5.82. The molecule has 12 heavy (non-hydrogen) atoms. The minimum absolute atomic E-state index is 0.130. The number of rotatable bonds is 1.